The van der Waals surface area contributed by atoms with Gasteiger partial charge in [-0.1, -0.05) is 17.7 Å². The maximum atomic E-state index is 12.3. The third kappa shape index (κ3) is 5.38. The molecule has 0 radical (unpaired) electrons. The molecule has 3 rings (SSSR count). The molecule has 2 atom stereocenters. The molecule has 0 aromatic heterocycles. The lowest BCUT2D eigenvalue weighted by Gasteiger charge is -2.16. The maximum Gasteiger partial charge on any atom is 0.265 e. The van der Waals surface area contributed by atoms with Crippen LogP contribution in [0.15, 0.2) is 48.5 Å². The fourth-order valence-electron chi connectivity index (χ4n) is 2.64. The van der Waals surface area contributed by atoms with Crippen LogP contribution in [-0.2, 0) is 9.53 Å². The Balaban J connectivity index is 1.52. The van der Waals surface area contributed by atoms with Crippen molar-refractivity contribution in [3.05, 3.63) is 53.6 Å². The minimum Gasteiger partial charge on any atom is -0.491 e. The molecule has 1 fully saturated rings. The third-order valence-corrected chi connectivity index (χ3v) is 4.31. The van der Waals surface area contributed by atoms with E-state index in [0.717, 1.165) is 19.4 Å². The minimum atomic E-state index is -0.646. The molecular formula is C20H22ClNO4. The Kier molecular flexibility index (Phi) is 6.36. The summed E-state index contributed by atoms with van der Waals surface area (Å²) in [6.07, 6.45) is 1.61. The number of anilines is 1. The molecule has 6 heteroatoms. The van der Waals surface area contributed by atoms with Crippen molar-refractivity contribution in [2.75, 3.05) is 18.5 Å². The molecule has 1 aliphatic heterocycles. The van der Waals surface area contributed by atoms with E-state index in [0.29, 0.717) is 28.8 Å². The van der Waals surface area contributed by atoms with Crippen LogP contribution in [0.25, 0.3) is 0 Å². The summed E-state index contributed by atoms with van der Waals surface area (Å²) in [4.78, 5) is 12.3. The molecule has 0 bridgehead atoms. The van der Waals surface area contributed by atoms with Gasteiger partial charge in [-0.25, -0.2) is 0 Å². The molecule has 1 amide bonds. The van der Waals surface area contributed by atoms with Gasteiger partial charge < -0.3 is 19.5 Å². The Morgan fingerprint density at radius 1 is 1.27 bits per heavy atom. The van der Waals surface area contributed by atoms with Gasteiger partial charge in [-0.15, -0.1) is 0 Å². The van der Waals surface area contributed by atoms with Gasteiger partial charge in [-0.3, -0.25) is 4.79 Å². The topological polar surface area (TPSA) is 56.8 Å². The maximum absolute atomic E-state index is 12.3. The molecule has 5 nitrogen and oxygen atoms in total. The van der Waals surface area contributed by atoms with Crippen molar-refractivity contribution in [1.29, 1.82) is 0 Å². The second-order valence-electron chi connectivity index (χ2n) is 6.18. The van der Waals surface area contributed by atoms with E-state index in [9.17, 15) is 4.79 Å². The highest BCUT2D eigenvalue weighted by Crippen LogP contribution is 2.21. The van der Waals surface area contributed by atoms with E-state index in [1.54, 1.807) is 37.3 Å². The number of halogens is 1. The molecule has 138 valence electrons. The van der Waals surface area contributed by atoms with E-state index in [1.807, 2.05) is 18.2 Å². The molecule has 0 unspecified atom stereocenters. The quantitative estimate of drug-likeness (QED) is 0.783. The standard InChI is InChI=1S/C20H22ClNO4/c1-14(26-17-9-7-15(21)8-10-17)20(23)22-16-4-2-5-18(12-16)25-13-19-6-3-11-24-19/h2,4-5,7-10,12,14,19H,3,6,11,13H2,1H3,(H,22,23)/t14-,19-/m0/s1. The number of hydrogen-bond acceptors (Lipinski definition) is 4. The summed E-state index contributed by atoms with van der Waals surface area (Å²) >= 11 is 5.85. The number of nitrogens with one attached hydrogen (secondary N) is 1. The second kappa shape index (κ2) is 8.92. The van der Waals surface area contributed by atoms with Crippen molar-refractivity contribution < 1.29 is 19.0 Å². The zero-order valence-electron chi connectivity index (χ0n) is 14.6. The lowest BCUT2D eigenvalue weighted by molar-refractivity contribution is -0.122. The zero-order valence-corrected chi connectivity index (χ0v) is 15.4. The monoisotopic (exact) mass is 375 g/mol. The van der Waals surface area contributed by atoms with Gasteiger partial charge in [0.15, 0.2) is 6.10 Å². The first kappa shape index (κ1) is 18.5. The van der Waals surface area contributed by atoms with Crippen LogP contribution in [0.4, 0.5) is 5.69 Å². The molecule has 0 spiro atoms. The van der Waals surface area contributed by atoms with Gasteiger partial charge >= 0.3 is 0 Å². The van der Waals surface area contributed by atoms with Crippen molar-refractivity contribution in [2.24, 2.45) is 0 Å². The number of amides is 1. The highest BCUT2D eigenvalue weighted by molar-refractivity contribution is 6.30. The molecule has 1 aliphatic rings. The minimum absolute atomic E-state index is 0.154. The summed E-state index contributed by atoms with van der Waals surface area (Å²) in [5, 5.41) is 3.46. The van der Waals surface area contributed by atoms with Crippen LogP contribution in [0.1, 0.15) is 19.8 Å². The van der Waals surface area contributed by atoms with Crippen LogP contribution in [0.5, 0.6) is 11.5 Å². The van der Waals surface area contributed by atoms with Crippen molar-refractivity contribution in [2.45, 2.75) is 32.0 Å². The summed E-state index contributed by atoms with van der Waals surface area (Å²) in [6, 6.07) is 14.2. The summed E-state index contributed by atoms with van der Waals surface area (Å²) in [5.74, 6) is 1.05. The Labute approximate surface area is 158 Å². The van der Waals surface area contributed by atoms with Gasteiger partial charge in [-0.2, -0.15) is 0 Å². The lowest BCUT2D eigenvalue weighted by Crippen LogP contribution is -2.30. The van der Waals surface area contributed by atoms with E-state index in [4.69, 9.17) is 25.8 Å². The second-order valence-corrected chi connectivity index (χ2v) is 6.61. The number of carbonyl (C=O) groups is 1. The predicted molar refractivity (Wildman–Crippen MR) is 101 cm³/mol. The van der Waals surface area contributed by atoms with E-state index in [1.165, 1.54) is 0 Å². The Morgan fingerprint density at radius 2 is 2.08 bits per heavy atom. The van der Waals surface area contributed by atoms with E-state index < -0.39 is 6.10 Å². The zero-order chi connectivity index (χ0) is 18.4. The SMILES string of the molecule is C[C@H](Oc1ccc(Cl)cc1)C(=O)Nc1cccc(OC[C@@H]2CCCO2)c1. The smallest absolute Gasteiger partial charge is 0.265 e. The lowest BCUT2D eigenvalue weighted by atomic mass is 10.2. The molecule has 0 saturated carbocycles. The van der Waals surface area contributed by atoms with Crippen molar-refractivity contribution in [3.8, 4) is 11.5 Å². The van der Waals surface area contributed by atoms with E-state index in [2.05, 4.69) is 5.32 Å². The molecule has 1 heterocycles. The Bertz CT molecular complexity index is 729. The molecule has 2 aromatic carbocycles. The van der Waals surface area contributed by atoms with Crippen molar-refractivity contribution >= 4 is 23.2 Å². The number of hydrogen-bond donors (Lipinski definition) is 1. The molecule has 0 aliphatic carbocycles. The van der Waals surface area contributed by atoms with Gasteiger partial charge in [0, 0.05) is 23.4 Å². The average Bonchev–Trinajstić information content (AvgIpc) is 3.16. The van der Waals surface area contributed by atoms with Gasteiger partial charge in [0.25, 0.3) is 5.91 Å². The third-order valence-electron chi connectivity index (χ3n) is 4.06. The first-order valence-electron chi connectivity index (χ1n) is 8.68. The normalized spacial score (nSPS) is 17.5. The van der Waals surface area contributed by atoms with Gasteiger partial charge in [-0.05, 0) is 56.2 Å². The van der Waals surface area contributed by atoms with Crippen molar-refractivity contribution in [3.63, 3.8) is 0 Å². The highest BCUT2D eigenvalue weighted by Gasteiger charge is 2.17. The molecule has 26 heavy (non-hydrogen) atoms. The summed E-state index contributed by atoms with van der Waals surface area (Å²) in [6.45, 7) is 3.02. The first-order valence-corrected chi connectivity index (χ1v) is 9.05. The van der Waals surface area contributed by atoms with E-state index >= 15 is 0 Å². The van der Waals surface area contributed by atoms with Crippen LogP contribution in [-0.4, -0.2) is 31.3 Å². The van der Waals surface area contributed by atoms with Crippen LogP contribution < -0.4 is 14.8 Å². The van der Waals surface area contributed by atoms with Crippen molar-refractivity contribution in [1.82, 2.24) is 0 Å². The summed E-state index contributed by atoms with van der Waals surface area (Å²) in [7, 11) is 0. The van der Waals surface area contributed by atoms with Gasteiger partial charge in [0.2, 0.25) is 0 Å². The van der Waals surface area contributed by atoms with Gasteiger partial charge in [0.1, 0.15) is 18.1 Å². The fourth-order valence-corrected chi connectivity index (χ4v) is 2.77. The molecule has 1 saturated heterocycles. The van der Waals surface area contributed by atoms with Crippen LogP contribution in [0.3, 0.4) is 0 Å². The number of ether oxygens (including phenoxy) is 3. The Morgan fingerprint density at radius 3 is 2.81 bits per heavy atom. The summed E-state index contributed by atoms with van der Waals surface area (Å²) < 4.78 is 16.9. The fraction of sp³-hybridized carbons (Fsp3) is 0.350. The Hall–Kier alpha value is -2.24. The van der Waals surface area contributed by atoms with Crippen LogP contribution in [0, 0.1) is 0 Å². The van der Waals surface area contributed by atoms with E-state index in [-0.39, 0.29) is 12.0 Å². The molecule has 1 N–H and O–H groups in total. The molecular weight excluding hydrogens is 354 g/mol. The molecule has 2 aromatic rings. The number of rotatable bonds is 7. The number of carbonyl (C=O) groups excluding carboxylic acids is 1. The predicted octanol–water partition coefficient (Wildman–Crippen LogP) is 4.30. The van der Waals surface area contributed by atoms with Crippen LogP contribution >= 0.6 is 11.6 Å². The highest BCUT2D eigenvalue weighted by atomic mass is 35.5. The average molecular weight is 376 g/mol. The van der Waals surface area contributed by atoms with Crippen LogP contribution in [0.2, 0.25) is 5.02 Å². The van der Waals surface area contributed by atoms with Gasteiger partial charge in [0.05, 0.1) is 6.10 Å². The number of benzene rings is 2. The largest absolute Gasteiger partial charge is 0.491 e. The first-order chi connectivity index (χ1) is 12.6. The summed E-state index contributed by atoms with van der Waals surface area (Å²) in [5.41, 5.74) is 0.659.